The summed E-state index contributed by atoms with van der Waals surface area (Å²) in [6, 6.07) is 0.0923. The quantitative estimate of drug-likeness (QED) is 0.658. The molecule has 1 atom stereocenters. The lowest BCUT2D eigenvalue weighted by Crippen LogP contribution is -2.49. The lowest BCUT2D eigenvalue weighted by atomic mass is 10.1. The molecule has 0 bridgehead atoms. The van der Waals surface area contributed by atoms with Gasteiger partial charge in [0.2, 0.25) is 5.91 Å². The molecule has 1 heterocycles. The maximum absolute atomic E-state index is 11.3. The van der Waals surface area contributed by atoms with Crippen LogP contribution >= 0.6 is 0 Å². The first-order chi connectivity index (χ1) is 7.99. The predicted molar refractivity (Wildman–Crippen MR) is 69.8 cm³/mol. The van der Waals surface area contributed by atoms with Gasteiger partial charge in [0.1, 0.15) is 0 Å². The van der Waals surface area contributed by atoms with Gasteiger partial charge in [0.05, 0.1) is 6.04 Å². The number of nitrogens with one attached hydrogen (secondary N) is 1. The molecule has 3 N–H and O–H groups in total. The zero-order chi connectivity index (χ0) is 12.8. The minimum Gasteiger partial charge on any atom is -0.368 e. The molecule has 0 aromatic heterocycles. The van der Waals surface area contributed by atoms with E-state index in [-0.39, 0.29) is 11.9 Å². The van der Waals surface area contributed by atoms with Gasteiger partial charge in [0.15, 0.2) is 0 Å². The van der Waals surface area contributed by atoms with E-state index in [9.17, 15) is 4.79 Å². The van der Waals surface area contributed by atoms with Crippen molar-refractivity contribution in [3.63, 3.8) is 0 Å². The first-order valence-electron chi connectivity index (χ1n) is 6.45. The van der Waals surface area contributed by atoms with Gasteiger partial charge in [-0.15, -0.1) is 0 Å². The third kappa shape index (κ3) is 5.48. The van der Waals surface area contributed by atoms with Crippen molar-refractivity contribution in [1.29, 1.82) is 0 Å². The Morgan fingerprint density at radius 3 is 2.35 bits per heavy atom. The molecule has 1 amide bonds. The Kier molecular flexibility index (Phi) is 5.88. The summed E-state index contributed by atoms with van der Waals surface area (Å²) in [5, 5.41) is 3.22. The summed E-state index contributed by atoms with van der Waals surface area (Å²) < 4.78 is 0. The van der Waals surface area contributed by atoms with Gasteiger partial charge in [-0.05, 0) is 13.5 Å². The zero-order valence-corrected chi connectivity index (χ0v) is 11.3. The van der Waals surface area contributed by atoms with Gasteiger partial charge in [-0.1, -0.05) is 13.8 Å². The lowest BCUT2D eigenvalue weighted by Gasteiger charge is -2.33. The Balaban J connectivity index is 2.29. The van der Waals surface area contributed by atoms with Gasteiger partial charge < -0.3 is 20.9 Å². The number of nitrogens with two attached hydrogens (primary N) is 1. The number of hydrogen-bond donors (Lipinski definition) is 2. The van der Waals surface area contributed by atoms with E-state index in [1.54, 1.807) is 0 Å². The van der Waals surface area contributed by atoms with E-state index in [0.717, 1.165) is 39.1 Å². The largest absolute Gasteiger partial charge is 0.368 e. The first kappa shape index (κ1) is 14.4. The Bertz CT molecular complexity index is 237. The molecule has 17 heavy (non-hydrogen) atoms. The van der Waals surface area contributed by atoms with Crippen molar-refractivity contribution in [2.45, 2.75) is 32.4 Å². The molecule has 1 rings (SSSR count). The summed E-state index contributed by atoms with van der Waals surface area (Å²) in [7, 11) is 2.14. The summed E-state index contributed by atoms with van der Waals surface area (Å²) in [5.41, 5.74) is 5.39. The van der Waals surface area contributed by atoms with Crippen LogP contribution in [0.4, 0.5) is 0 Å². The molecular weight excluding hydrogens is 216 g/mol. The van der Waals surface area contributed by atoms with Gasteiger partial charge in [-0.25, -0.2) is 0 Å². The van der Waals surface area contributed by atoms with Crippen LogP contribution in [0.2, 0.25) is 0 Å². The highest BCUT2D eigenvalue weighted by atomic mass is 16.1. The minimum absolute atomic E-state index is 0.199. The number of nitrogens with zero attached hydrogens (tertiary/aromatic N) is 2. The molecule has 1 aliphatic heterocycles. The molecule has 1 unspecified atom stereocenters. The lowest BCUT2D eigenvalue weighted by molar-refractivity contribution is -0.120. The van der Waals surface area contributed by atoms with Crippen LogP contribution in [0.1, 0.15) is 20.3 Å². The molecule has 0 saturated carbocycles. The Morgan fingerprint density at radius 1 is 1.29 bits per heavy atom. The van der Waals surface area contributed by atoms with E-state index in [2.05, 4.69) is 22.2 Å². The third-order valence-electron chi connectivity index (χ3n) is 3.21. The smallest absolute Gasteiger partial charge is 0.234 e. The molecule has 0 spiro atoms. The molecule has 100 valence electrons. The summed E-state index contributed by atoms with van der Waals surface area (Å²) in [6.45, 7) is 9.41. The molecule has 5 heteroatoms. The maximum atomic E-state index is 11.3. The fraction of sp³-hybridized carbons (Fsp3) is 0.917. The molecule has 1 fully saturated rings. The number of primary amides is 1. The predicted octanol–water partition coefficient (Wildman–Crippen LogP) is -0.524. The second kappa shape index (κ2) is 6.93. The van der Waals surface area contributed by atoms with E-state index in [0.29, 0.717) is 6.04 Å². The minimum atomic E-state index is -0.243. The molecule has 1 saturated heterocycles. The van der Waals surface area contributed by atoms with Gasteiger partial charge in [0, 0.05) is 38.8 Å². The number of carbonyl (C=O) groups excluding carboxylic acids is 1. The van der Waals surface area contributed by atoms with Crippen molar-refractivity contribution in [3.05, 3.63) is 0 Å². The Morgan fingerprint density at radius 2 is 1.88 bits per heavy atom. The highest BCUT2D eigenvalue weighted by Crippen LogP contribution is 2.02. The average Bonchev–Trinajstić information content (AvgIpc) is 2.25. The topological polar surface area (TPSA) is 61.6 Å². The third-order valence-corrected chi connectivity index (χ3v) is 3.21. The van der Waals surface area contributed by atoms with Crippen LogP contribution in [0.3, 0.4) is 0 Å². The molecular formula is C12H26N4O. The first-order valence-corrected chi connectivity index (χ1v) is 6.45. The van der Waals surface area contributed by atoms with Crippen LogP contribution in [-0.2, 0) is 4.79 Å². The van der Waals surface area contributed by atoms with E-state index in [4.69, 9.17) is 5.73 Å². The second-order valence-corrected chi connectivity index (χ2v) is 5.21. The van der Waals surface area contributed by atoms with Crippen molar-refractivity contribution in [2.75, 3.05) is 39.8 Å². The van der Waals surface area contributed by atoms with E-state index < -0.39 is 0 Å². The average molecular weight is 242 g/mol. The number of piperazine rings is 1. The summed E-state index contributed by atoms with van der Waals surface area (Å²) >= 11 is 0. The van der Waals surface area contributed by atoms with Crippen LogP contribution in [0.15, 0.2) is 0 Å². The highest BCUT2D eigenvalue weighted by molar-refractivity contribution is 5.79. The number of hydrogen-bond acceptors (Lipinski definition) is 4. The van der Waals surface area contributed by atoms with Gasteiger partial charge in [-0.2, -0.15) is 0 Å². The molecule has 1 aliphatic rings. The maximum Gasteiger partial charge on any atom is 0.234 e. The zero-order valence-electron chi connectivity index (χ0n) is 11.3. The Hall–Kier alpha value is -0.650. The van der Waals surface area contributed by atoms with Crippen molar-refractivity contribution in [3.8, 4) is 0 Å². The second-order valence-electron chi connectivity index (χ2n) is 5.21. The number of carbonyl (C=O) groups is 1. The van der Waals surface area contributed by atoms with Gasteiger partial charge in [-0.3, -0.25) is 4.79 Å². The van der Waals surface area contributed by atoms with Gasteiger partial charge >= 0.3 is 0 Å². The monoisotopic (exact) mass is 242 g/mol. The molecule has 0 aromatic rings. The van der Waals surface area contributed by atoms with Crippen LogP contribution < -0.4 is 11.1 Å². The van der Waals surface area contributed by atoms with E-state index in [1.165, 1.54) is 0 Å². The standard InChI is InChI=1S/C12H26N4O/c1-10(2)14-11(12(13)17)4-5-16-8-6-15(3)7-9-16/h10-11,14H,4-9H2,1-3H3,(H2,13,17). The fourth-order valence-corrected chi connectivity index (χ4v) is 2.09. The highest BCUT2D eigenvalue weighted by Gasteiger charge is 2.19. The summed E-state index contributed by atoms with van der Waals surface area (Å²) in [5.74, 6) is -0.243. The van der Waals surface area contributed by atoms with E-state index >= 15 is 0 Å². The van der Waals surface area contributed by atoms with Crippen molar-refractivity contribution < 1.29 is 4.79 Å². The molecule has 5 nitrogen and oxygen atoms in total. The van der Waals surface area contributed by atoms with Crippen LogP contribution in [-0.4, -0.2) is 67.6 Å². The summed E-state index contributed by atoms with van der Waals surface area (Å²) in [6.07, 6.45) is 0.803. The number of amides is 1. The number of rotatable bonds is 6. The fourth-order valence-electron chi connectivity index (χ4n) is 2.09. The molecule has 0 radical (unpaired) electrons. The van der Waals surface area contributed by atoms with Crippen molar-refractivity contribution in [2.24, 2.45) is 5.73 Å². The summed E-state index contributed by atoms with van der Waals surface area (Å²) in [4.78, 5) is 16.0. The molecule has 0 aromatic carbocycles. The van der Waals surface area contributed by atoms with Crippen LogP contribution in [0, 0.1) is 0 Å². The Labute approximate surface area is 104 Å². The van der Waals surface area contributed by atoms with Crippen molar-refractivity contribution >= 4 is 5.91 Å². The van der Waals surface area contributed by atoms with Gasteiger partial charge in [0.25, 0.3) is 0 Å². The van der Waals surface area contributed by atoms with Crippen LogP contribution in [0.5, 0.6) is 0 Å². The normalized spacial score (nSPS) is 20.7. The molecule has 0 aliphatic carbocycles. The van der Waals surface area contributed by atoms with Crippen LogP contribution in [0.25, 0.3) is 0 Å². The van der Waals surface area contributed by atoms with E-state index in [1.807, 2.05) is 13.8 Å². The SMILES string of the molecule is CC(C)NC(CCN1CCN(C)CC1)C(N)=O. The van der Waals surface area contributed by atoms with Crippen molar-refractivity contribution in [1.82, 2.24) is 15.1 Å². The number of likely N-dealkylation sites (N-methyl/N-ethyl adjacent to an activating group) is 1.